The van der Waals surface area contributed by atoms with Gasteiger partial charge in [-0.3, -0.25) is 0 Å². The maximum atomic E-state index is 12.8. The highest BCUT2D eigenvalue weighted by Crippen LogP contribution is 2.16. The standard InChI is InChI=1S/C10H13ClFN/c1-2-13-6-5-8-7-9(12)3-4-10(8)11/h3-4,7,13H,2,5-6H2,1H3. The fourth-order valence-corrected chi connectivity index (χ4v) is 1.35. The molecule has 0 amide bonds. The van der Waals surface area contributed by atoms with Gasteiger partial charge in [0.2, 0.25) is 0 Å². The summed E-state index contributed by atoms with van der Waals surface area (Å²) < 4.78 is 12.8. The molecule has 0 fully saturated rings. The molecule has 72 valence electrons. The van der Waals surface area contributed by atoms with E-state index in [9.17, 15) is 4.39 Å². The van der Waals surface area contributed by atoms with E-state index in [1.807, 2.05) is 6.92 Å². The number of hydrogen-bond donors (Lipinski definition) is 1. The molecule has 0 atom stereocenters. The maximum Gasteiger partial charge on any atom is 0.123 e. The van der Waals surface area contributed by atoms with E-state index in [0.717, 1.165) is 25.1 Å². The molecule has 0 aliphatic carbocycles. The van der Waals surface area contributed by atoms with Crippen molar-refractivity contribution in [3.05, 3.63) is 34.6 Å². The molecule has 1 N–H and O–H groups in total. The molecule has 0 spiro atoms. The van der Waals surface area contributed by atoms with E-state index in [0.29, 0.717) is 5.02 Å². The molecule has 0 aromatic heterocycles. The highest BCUT2D eigenvalue weighted by atomic mass is 35.5. The van der Waals surface area contributed by atoms with Gasteiger partial charge in [-0.25, -0.2) is 4.39 Å². The summed E-state index contributed by atoms with van der Waals surface area (Å²) in [6.45, 7) is 3.79. The van der Waals surface area contributed by atoms with E-state index in [4.69, 9.17) is 11.6 Å². The number of nitrogens with one attached hydrogen (secondary N) is 1. The van der Waals surface area contributed by atoms with Crippen LogP contribution in [-0.2, 0) is 6.42 Å². The monoisotopic (exact) mass is 201 g/mol. The average Bonchev–Trinajstić information content (AvgIpc) is 2.11. The van der Waals surface area contributed by atoms with Crippen LogP contribution in [0.3, 0.4) is 0 Å². The van der Waals surface area contributed by atoms with Crippen LogP contribution in [0, 0.1) is 5.82 Å². The molecule has 3 heteroatoms. The number of likely N-dealkylation sites (N-methyl/N-ethyl adjacent to an activating group) is 1. The van der Waals surface area contributed by atoms with Crippen LogP contribution in [0.25, 0.3) is 0 Å². The van der Waals surface area contributed by atoms with E-state index < -0.39 is 0 Å². The van der Waals surface area contributed by atoms with E-state index in [1.165, 1.54) is 12.1 Å². The van der Waals surface area contributed by atoms with Gasteiger partial charge < -0.3 is 5.32 Å². The summed E-state index contributed by atoms with van der Waals surface area (Å²) in [6.07, 6.45) is 0.768. The normalized spacial score (nSPS) is 10.4. The highest BCUT2D eigenvalue weighted by Gasteiger charge is 2.00. The Hall–Kier alpha value is -0.600. The Morgan fingerprint density at radius 1 is 1.46 bits per heavy atom. The molecule has 0 heterocycles. The van der Waals surface area contributed by atoms with Crippen molar-refractivity contribution in [2.45, 2.75) is 13.3 Å². The summed E-state index contributed by atoms with van der Waals surface area (Å²) in [5.41, 5.74) is 0.864. The van der Waals surface area contributed by atoms with Gasteiger partial charge in [0.05, 0.1) is 0 Å². The third kappa shape index (κ3) is 3.33. The smallest absolute Gasteiger partial charge is 0.123 e. The number of rotatable bonds is 4. The van der Waals surface area contributed by atoms with Crippen LogP contribution in [0.2, 0.25) is 5.02 Å². The molecular formula is C10H13ClFN. The Morgan fingerprint density at radius 2 is 2.23 bits per heavy atom. The minimum atomic E-state index is -0.226. The van der Waals surface area contributed by atoms with Crippen molar-refractivity contribution in [2.24, 2.45) is 0 Å². The average molecular weight is 202 g/mol. The molecule has 0 unspecified atom stereocenters. The Balaban J connectivity index is 2.59. The van der Waals surface area contributed by atoms with Crippen LogP contribution in [0.15, 0.2) is 18.2 Å². The topological polar surface area (TPSA) is 12.0 Å². The van der Waals surface area contributed by atoms with Crippen molar-refractivity contribution in [1.29, 1.82) is 0 Å². The zero-order valence-corrected chi connectivity index (χ0v) is 8.37. The molecule has 1 nitrogen and oxygen atoms in total. The molecule has 0 saturated heterocycles. The lowest BCUT2D eigenvalue weighted by atomic mass is 10.1. The van der Waals surface area contributed by atoms with E-state index in [-0.39, 0.29) is 5.82 Å². The fraction of sp³-hybridized carbons (Fsp3) is 0.400. The third-order valence-electron chi connectivity index (χ3n) is 1.83. The van der Waals surface area contributed by atoms with Crippen LogP contribution in [-0.4, -0.2) is 13.1 Å². The van der Waals surface area contributed by atoms with Crippen LogP contribution in [0.5, 0.6) is 0 Å². The Kier molecular flexibility index (Phi) is 4.19. The van der Waals surface area contributed by atoms with Crippen molar-refractivity contribution in [3.63, 3.8) is 0 Å². The van der Waals surface area contributed by atoms with Gasteiger partial charge in [-0.05, 0) is 43.3 Å². The van der Waals surface area contributed by atoms with Gasteiger partial charge in [0.25, 0.3) is 0 Å². The Labute approximate surface area is 82.9 Å². The van der Waals surface area contributed by atoms with Gasteiger partial charge in [-0.15, -0.1) is 0 Å². The predicted octanol–water partition coefficient (Wildman–Crippen LogP) is 2.63. The molecular weight excluding hydrogens is 189 g/mol. The van der Waals surface area contributed by atoms with Gasteiger partial charge in [0.1, 0.15) is 5.82 Å². The van der Waals surface area contributed by atoms with Gasteiger partial charge in [0.15, 0.2) is 0 Å². The van der Waals surface area contributed by atoms with Gasteiger partial charge in [0, 0.05) is 5.02 Å². The minimum absolute atomic E-state index is 0.226. The SMILES string of the molecule is CCNCCc1cc(F)ccc1Cl. The van der Waals surface area contributed by atoms with Gasteiger partial charge in [-0.2, -0.15) is 0 Å². The molecule has 0 aliphatic heterocycles. The molecule has 1 aromatic rings. The van der Waals surface area contributed by atoms with Crippen molar-refractivity contribution in [2.75, 3.05) is 13.1 Å². The number of halogens is 2. The summed E-state index contributed by atoms with van der Waals surface area (Å²) in [7, 11) is 0. The van der Waals surface area contributed by atoms with Crippen molar-refractivity contribution >= 4 is 11.6 Å². The third-order valence-corrected chi connectivity index (χ3v) is 2.20. The van der Waals surface area contributed by atoms with Crippen LogP contribution in [0.1, 0.15) is 12.5 Å². The number of hydrogen-bond acceptors (Lipinski definition) is 1. The van der Waals surface area contributed by atoms with Crippen molar-refractivity contribution in [1.82, 2.24) is 5.32 Å². The zero-order chi connectivity index (χ0) is 9.68. The fourth-order valence-electron chi connectivity index (χ4n) is 1.13. The molecule has 0 aliphatic rings. The Morgan fingerprint density at radius 3 is 2.92 bits per heavy atom. The lowest BCUT2D eigenvalue weighted by Gasteiger charge is -2.04. The van der Waals surface area contributed by atoms with Crippen LogP contribution < -0.4 is 5.32 Å². The molecule has 1 aromatic carbocycles. The van der Waals surface area contributed by atoms with Crippen LogP contribution >= 0.6 is 11.6 Å². The quantitative estimate of drug-likeness (QED) is 0.739. The summed E-state index contributed by atoms with van der Waals surface area (Å²) >= 11 is 5.88. The van der Waals surface area contributed by atoms with Crippen molar-refractivity contribution < 1.29 is 4.39 Å². The molecule has 13 heavy (non-hydrogen) atoms. The zero-order valence-electron chi connectivity index (χ0n) is 7.61. The maximum absolute atomic E-state index is 12.8. The van der Waals surface area contributed by atoms with E-state index >= 15 is 0 Å². The molecule has 0 bridgehead atoms. The molecule has 0 saturated carbocycles. The summed E-state index contributed by atoms with van der Waals surface area (Å²) in [5.74, 6) is -0.226. The predicted molar refractivity (Wildman–Crippen MR) is 53.7 cm³/mol. The van der Waals surface area contributed by atoms with Gasteiger partial charge in [-0.1, -0.05) is 18.5 Å². The first-order valence-electron chi connectivity index (χ1n) is 4.38. The lowest BCUT2D eigenvalue weighted by Crippen LogP contribution is -2.16. The molecule has 1 rings (SSSR count). The Bertz CT molecular complexity index is 276. The second kappa shape index (κ2) is 5.20. The lowest BCUT2D eigenvalue weighted by molar-refractivity contribution is 0.623. The van der Waals surface area contributed by atoms with Gasteiger partial charge >= 0.3 is 0 Å². The van der Waals surface area contributed by atoms with E-state index in [2.05, 4.69) is 5.32 Å². The first-order valence-corrected chi connectivity index (χ1v) is 4.76. The molecule has 0 radical (unpaired) electrons. The second-order valence-electron chi connectivity index (χ2n) is 2.84. The van der Waals surface area contributed by atoms with E-state index in [1.54, 1.807) is 6.07 Å². The van der Waals surface area contributed by atoms with Crippen molar-refractivity contribution in [3.8, 4) is 0 Å². The summed E-state index contributed by atoms with van der Waals surface area (Å²) in [4.78, 5) is 0. The summed E-state index contributed by atoms with van der Waals surface area (Å²) in [5, 5.41) is 3.80. The summed E-state index contributed by atoms with van der Waals surface area (Å²) in [6, 6.07) is 4.46. The minimum Gasteiger partial charge on any atom is -0.317 e. The number of benzene rings is 1. The second-order valence-corrected chi connectivity index (χ2v) is 3.25. The first kappa shape index (κ1) is 10.5. The van der Waals surface area contributed by atoms with Crippen LogP contribution in [0.4, 0.5) is 4.39 Å². The highest BCUT2D eigenvalue weighted by molar-refractivity contribution is 6.31. The first-order chi connectivity index (χ1) is 6.24. The largest absolute Gasteiger partial charge is 0.317 e.